The summed E-state index contributed by atoms with van der Waals surface area (Å²) in [7, 11) is -3.53. The highest BCUT2D eigenvalue weighted by atomic mass is 32.2. The third-order valence-electron chi connectivity index (χ3n) is 1.59. The van der Waals surface area contributed by atoms with Gasteiger partial charge in [-0.05, 0) is 17.7 Å². The van der Waals surface area contributed by atoms with Crippen LogP contribution in [0.3, 0.4) is 0 Å². The van der Waals surface area contributed by atoms with E-state index in [1.54, 1.807) is 6.07 Å². The summed E-state index contributed by atoms with van der Waals surface area (Å²) in [6, 6.07) is 5.36. The summed E-state index contributed by atoms with van der Waals surface area (Å²) in [5, 5.41) is 8.52. The Balaban J connectivity index is 2.85. The van der Waals surface area contributed by atoms with Crippen molar-refractivity contribution in [2.75, 3.05) is 6.26 Å². The topological polar surface area (TPSA) is 67.2 Å². The number of rotatable bonds is 3. The molecule has 0 aliphatic rings. The van der Waals surface area contributed by atoms with Crippen molar-refractivity contribution in [1.82, 2.24) is 0 Å². The van der Waals surface area contributed by atoms with Gasteiger partial charge in [-0.15, -0.1) is 0 Å². The van der Waals surface area contributed by atoms with Crippen LogP contribution in [0.4, 0.5) is 4.39 Å². The molecule has 0 saturated carbocycles. The molecule has 4 nitrogen and oxygen atoms in total. The van der Waals surface area contributed by atoms with Gasteiger partial charge in [0.15, 0.2) is 0 Å². The van der Waals surface area contributed by atoms with Gasteiger partial charge in [0.05, 0.1) is 18.4 Å². The first-order chi connectivity index (χ1) is 6.92. The molecule has 0 spiro atoms. The van der Waals surface area contributed by atoms with Crippen molar-refractivity contribution >= 4 is 10.1 Å². The lowest BCUT2D eigenvalue weighted by atomic mass is 10.1. The van der Waals surface area contributed by atoms with Gasteiger partial charge >= 0.3 is 0 Å². The van der Waals surface area contributed by atoms with E-state index in [1.807, 2.05) is 0 Å². The highest BCUT2D eigenvalue weighted by molar-refractivity contribution is 7.85. The van der Waals surface area contributed by atoms with E-state index in [4.69, 9.17) is 5.26 Å². The molecule has 0 radical (unpaired) electrons. The molecule has 15 heavy (non-hydrogen) atoms. The normalized spacial score (nSPS) is 11.0. The Bertz CT molecular complexity index is 505. The van der Waals surface area contributed by atoms with E-state index in [1.165, 1.54) is 12.1 Å². The van der Waals surface area contributed by atoms with Gasteiger partial charge in [0.25, 0.3) is 10.1 Å². The maximum atomic E-state index is 12.9. The molecule has 0 fully saturated rings. The molecule has 0 amide bonds. The van der Waals surface area contributed by atoms with E-state index < -0.39 is 15.9 Å². The lowest BCUT2D eigenvalue weighted by molar-refractivity contribution is 0.311. The average molecular weight is 229 g/mol. The van der Waals surface area contributed by atoms with Crippen LogP contribution in [0.15, 0.2) is 18.2 Å². The Hall–Kier alpha value is -1.45. The highest BCUT2D eigenvalue weighted by Crippen LogP contribution is 2.11. The van der Waals surface area contributed by atoms with Crippen LogP contribution in [-0.4, -0.2) is 14.7 Å². The van der Waals surface area contributed by atoms with Crippen molar-refractivity contribution in [3.05, 3.63) is 35.1 Å². The standard InChI is InChI=1S/C9H8FNO3S/c1-15(12,13)14-6-7-2-3-9(10)8(4-7)5-11/h2-4H,6H2,1H3. The van der Waals surface area contributed by atoms with Gasteiger partial charge < -0.3 is 0 Å². The van der Waals surface area contributed by atoms with Gasteiger partial charge in [-0.1, -0.05) is 6.07 Å². The van der Waals surface area contributed by atoms with Gasteiger partial charge in [-0.25, -0.2) is 4.39 Å². The first kappa shape index (κ1) is 11.6. The smallest absolute Gasteiger partial charge is 0.264 e. The third kappa shape index (κ3) is 3.65. The Morgan fingerprint density at radius 1 is 1.53 bits per heavy atom. The molecule has 0 saturated heterocycles. The minimum Gasteiger partial charge on any atom is -0.265 e. The van der Waals surface area contributed by atoms with Gasteiger partial charge in [-0.2, -0.15) is 13.7 Å². The lowest BCUT2D eigenvalue weighted by Gasteiger charge is -2.02. The van der Waals surface area contributed by atoms with Crippen LogP contribution < -0.4 is 0 Å². The van der Waals surface area contributed by atoms with Crippen molar-refractivity contribution in [1.29, 1.82) is 5.26 Å². The first-order valence-corrected chi connectivity index (χ1v) is 5.77. The van der Waals surface area contributed by atoms with Gasteiger partial charge in [0.2, 0.25) is 0 Å². The average Bonchev–Trinajstić information content (AvgIpc) is 2.15. The third-order valence-corrected chi connectivity index (χ3v) is 2.14. The molecular formula is C9H8FNO3S. The summed E-state index contributed by atoms with van der Waals surface area (Å²) in [5.41, 5.74) is 0.294. The molecule has 0 aliphatic carbocycles. The highest BCUT2D eigenvalue weighted by Gasteiger charge is 2.06. The second-order valence-electron chi connectivity index (χ2n) is 2.89. The lowest BCUT2D eigenvalue weighted by Crippen LogP contribution is -2.03. The molecule has 0 aromatic heterocycles. The van der Waals surface area contributed by atoms with E-state index in [9.17, 15) is 12.8 Å². The first-order valence-electron chi connectivity index (χ1n) is 3.95. The zero-order chi connectivity index (χ0) is 11.5. The molecule has 0 heterocycles. The van der Waals surface area contributed by atoms with Crippen molar-refractivity contribution in [2.45, 2.75) is 6.61 Å². The van der Waals surface area contributed by atoms with E-state index >= 15 is 0 Å². The monoisotopic (exact) mass is 229 g/mol. The van der Waals surface area contributed by atoms with Gasteiger partial charge in [0.1, 0.15) is 11.9 Å². The molecule has 1 aromatic rings. The Morgan fingerprint density at radius 2 is 2.20 bits per heavy atom. The molecule has 1 aromatic carbocycles. The maximum Gasteiger partial charge on any atom is 0.264 e. The molecular weight excluding hydrogens is 221 g/mol. The molecule has 0 bridgehead atoms. The molecule has 1 rings (SSSR count). The fourth-order valence-corrected chi connectivity index (χ4v) is 1.27. The minimum atomic E-state index is -3.53. The van der Waals surface area contributed by atoms with E-state index in [0.717, 1.165) is 12.3 Å². The molecule has 0 aliphatic heterocycles. The summed E-state index contributed by atoms with van der Waals surface area (Å²) in [5.74, 6) is -0.638. The van der Waals surface area contributed by atoms with Crippen LogP contribution in [0.25, 0.3) is 0 Å². The second kappa shape index (κ2) is 4.38. The van der Waals surface area contributed by atoms with Crippen LogP contribution in [0.1, 0.15) is 11.1 Å². The summed E-state index contributed by atoms with van der Waals surface area (Å²) in [6.07, 6.45) is 0.918. The zero-order valence-corrected chi connectivity index (χ0v) is 8.71. The number of halogens is 1. The van der Waals surface area contributed by atoms with Crippen molar-refractivity contribution in [3.63, 3.8) is 0 Å². The van der Waals surface area contributed by atoms with Crippen molar-refractivity contribution in [2.24, 2.45) is 0 Å². The molecule has 0 atom stereocenters. The Kier molecular flexibility index (Phi) is 3.39. The van der Waals surface area contributed by atoms with E-state index in [0.29, 0.717) is 5.56 Å². The van der Waals surface area contributed by atoms with Gasteiger partial charge in [-0.3, -0.25) is 4.18 Å². The van der Waals surface area contributed by atoms with Crippen LogP contribution in [0, 0.1) is 17.1 Å². The van der Waals surface area contributed by atoms with E-state index in [-0.39, 0.29) is 12.2 Å². The predicted octanol–water partition coefficient (Wildman–Crippen LogP) is 1.17. The predicted molar refractivity (Wildman–Crippen MR) is 50.7 cm³/mol. The minimum absolute atomic E-state index is 0.135. The fourth-order valence-electron chi connectivity index (χ4n) is 0.923. The number of benzene rings is 1. The largest absolute Gasteiger partial charge is 0.265 e. The summed E-state index contributed by atoms with van der Waals surface area (Å²) in [6.45, 7) is -0.201. The van der Waals surface area contributed by atoms with Crippen LogP contribution in [0.5, 0.6) is 0 Å². The fraction of sp³-hybridized carbons (Fsp3) is 0.222. The number of hydrogen-bond acceptors (Lipinski definition) is 4. The van der Waals surface area contributed by atoms with Crippen LogP contribution in [0.2, 0.25) is 0 Å². The maximum absolute atomic E-state index is 12.9. The van der Waals surface area contributed by atoms with Gasteiger partial charge in [0, 0.05) is 0 Å². The Morgan fingerprint density at radius 3 is 2.73 bits per heavy atom. The van der Waals surface area contributed by atoms with E-state index in [2.05, 4.69) is 4.18 Å². The summed E-state index contributed by atoms with van der Waals surface area (Å²) in [4.78, 5) is 0. The number of nitriles is 1. The molecule has 80 valence electrons. The van der Waals surface area contributed by atoms with Crippen molar-refractivity contribution < 1.29 is 17.0 Å². The molecule has 0 unspecified atom stereocenters. The second-order valence-corrected chi connectivity index (χ2v) is 4.54. The molecule has 6 heteroatoms. The number of nitrogens with zero attached hydrogens (tertiary/aromatic N) is 1. The summed E-state index contributed by atoms with van der Waals surface area (Å²) >= 11 is 0. The Labute approximate surface area is 87.0 Å². The number of hydrogen-bond donors (Lipinski definition) is 0. The van der Waals surface area contributed by atoms with Crippen LogP contribution >= 0.6 is 0 Å². The molecule has 0 N–H and O–H groups in total. The SMILES string of the molecule is CS(=O)(=O)OCc1ccc(F)c(C#N)c1. The van der Waals surface area contributed by atoms with Crippen LogP contribution in [-0.2, 0) is 20.9 Å². The zero-order valence-electron chi connectivity index (χ0n) is 7.90. The van der Waals surface area contributed by atoms with Crippen molar-refractivity contribution in [3.8, 4) is 6.07 Å². The quantitative estimate of drug-likeness (QED) is 0.730. The summed E-state index contributed by atoms with van der Waals surface area (Å²) < 4.78 is 38.7.